The van der Waals surface area contributed by atoms with Crippen LogP contribution in [0.1, 0.15) is 36.2 Å². The van der Waals surface area contributed by atoms with Crippen molar-refractivity contribution >= 4 is 5.97 Å². The third-order valence-corrected chi connectivity index (χ3v) is 3.14. The van der Waals surface area contributed by atoms with E-state index in [9.17, 15) is 4.79 Å². The molecule has 1 aromatic rings. The summed E-state index contributed by atoms with van der Waals surface area (Å²) >= 11 is 0. The fourth-order valence-electron chi connectivity index (χ4n) is 2.19. The van der Waals surface area contributed by atoms with Crippen molar-refractivity contribution in [2.24, 2.45) is 0 Å². The topological polar surface area (TPSA) is 68.7 Å². The summed E-state index contributed by atoms with van der Waals surface area (Å²) < 4.78 is 11.1. The van der Waals surface area contributed by atoms with Crippen LogP contribution in [0.25, 0.3) is 0 Å². The summed E-state index contributed by atoms with van der Waals surface area (Å²) in [6, 6.07) is 4.78. The van der Waals surface area contributed by atoms with E-state index < -0.39 is 5.97 Å². The maximum atomic E-state index is 10.8. The highest BCUT2D eigenvalue weighted by Gasteiger charge is 2.23. The number of carbonyl (C=O) groups is 1. The molecule has 5 heteroatoms. The quantitative estimate of drug-likeness (QED) is 0.887. The van der Waals surface area contributed by atoms with Gasteiger partial charge in [-0.3, -0.25) is 0 Å². The molecule has 0 aliphatic heterocycles. The molecule has 0 saturated heterocycles. The largest absolute Gasteiger partial charge is 0.477 e. The molecule has 0 aromatic carbocycles. The maximum Gasteiger partial charge on any atom is 0.354 e. The summed E-state index contributed by atoms with van der Waals surface area (Å²) in [5, 5.41) is 8.86. The molecule has 1 N–H and O–H groups in total. The van der Waals surface area contributed by atoms with Crippen LogP contribution in [0.15, 0.2) is 18.2 Å². The van der Waals surface area contributed by atoms with Crippen molar-refractivity contribution in [3.05, 3.63) is 23.9 Å². The lowest BCUT2D eigenvalue weighted by Crippen LogP contribution is -2.29. The lowest BCUT2D eigenvalue weighted by atomic mass is 9.95. The number of ether oxygens (including phenoxy) is 2. The zero-order valence-electron chi connectivity index (χ0n) is 10.3. The van der Waals surface area contributed by atoms with Gasteiger partial charge in [0.2, 0.25) is 5.88 Å². The fourth-order valence-corrected chi connectivity index (χ4v) is 2.19. The van der Waals surface area contributed by atoms with Crippen LogP contribution in [0.4, 0.5) is 0 Å². The molecule has 0 amide bonds. The molecule has 98 valence electrons. The second-order valence-electron chi connectivity index (χ2n) is 4.43. The zero-order valence-corrected chi connectivity index (χ0v) is 10.3. The van der Waals surface area contributed by atoms with E-state index in [1.165, 1.54) is 6.07 Å². The number of pyridine rings is 1. The highest BCUT2D eigenvalue weighted by molar-refractivity contribution is 5.85. The molecular weight excluding hydrogens is 234 g/mol. The summed E-state index contributed by atoms with van der Waals surface area (Å²) in [6.07, 6.45) is 4.18. The predicted molar refractivity (Wildman–Crippen MR) is 64.9 cm³/mol. The van der Waals surface area contributed by atoms with Crippen molar-refractivity contribution in [1.82, 2.24) is 4.98 Å². The summed E-state index contributed by atoms with van der Waals surface area (Å²) in [5.74, 6) is -0.671. The van der Waals surface area contributed by atoms with Crippen molar-refractivity contribution < 1.29 is 19.4 Å². The van der Waals surface area contributed by atoms with E-state index in [1.807, 2.05) is 0 Å². The van der Waals surface area contributed by atoms with E-state index in [1.54, 1.807) is 19.2 Å². The zero-order chi connectivity index (χ0) is 13.0. The first-order chi connectivity index (χ1) is 8.69. The van der Waals surface area contributed by atoms with E-state index in [4.69, 9.17) is 14.6 Å². The fraction of sp³-hybridized carbons (Fsp3) is 0.538. The number of rotatable bonds is 4. The van der Waals surface area contributed by atoms with Crippen LogP contribution in [-0.4, -0.2) is 35.4 Å². The molecular formula is C13H17NO4. The molecule has 1 aromatic heterocycles. The third kappa shape index (κ3) is 3.20. The Kier molecular flexibility index (Phi) is 4.15. The van der Waals surface area contributed by atoms with Gasteiger partial charge in [0.25, 0.3) is 0 Å². The Morgan fingerprint density at radius 3 is 2.89 bits per heavy atom. The second-order valence-corrected chi connectivity index (χ2v) is 4.43. The maximum absolute atomic E-state index is 10.8. The molecule has 1 fully saturated rings. The van der Waals surface area contributed by atoms with Gasteiger partial charge in [-0.1, -0.05) is 6.07 Å². The lowest BCUT2D eigenvalue weighted by Gasteiger charge is -2.28. The van der Waals surface area contributed by atoms with Gasteiger partial charge in [0.05, 0.1) is 6.10 Å². The standard InChI is InChI=1S/C13H17NO4/c1-17-9-4-2-5-10(8-9)18-12-7-3-6-11(14-12)13(15)16/h3,6-7,9-10H,2,4-5,8H2,1H3,(H,15,16). The van der Waals surface area contributed by atoms with Gasteiger partial charge in [-0.2, -0.15) is 0 Å². The Hall–Kier alpha value is -1.62. The van der Waals surface area contributed by atoms with E-state index in [0.717, 1.165) is 25.7 Å². The summed E-state index contributed by atoms with van der Waals surface area (Å²) in [6.45, 7) is 0. The van der Waals surface area contributed by atoms with E-state index in [-0.39, 0.29) is 17.9 Å². The van der Waals surface area contributed by atoms with Crippen LogP contribution in [-0.2, 0) is 4.74 Å². The molecule has 1 aliphatic carbocycles. The van der Waals surface area contributed by atoms with E-state index in [0.29, 0.717) is 5.88 Å². The van der Waals surface area contributed by atoms with Crippen LogP contribution in [0.5, 0.6) is 5.88 Å². The van der Waals surface area contributed by atoms with Gasteiger partial charge in [0, 0.05) is 19.6 Å². The first kappa shape index (κ1) is 12.8. The first-order valence-electron chi connectivity index (χ1n) is 6.09. The van der Waals surface area contributed by atoms with E-state index in [2.05, 4.69) is 4.98 Å². The molecule has 1 saturated carbocycles. The van der Waals surface area contributed by atoms with Gasteiger partial charge < -0.3 is 14.6 Å². The molecule has 0 bridgehead atoms. The molecule has 0 radical (unpaired) electrons. The lowest BCUT2D eigenvalue weighted by molar-refractivity contribution is 0.0193. The smallest absolute Gasteiger partial charge is 0.354 e. The monoisotopic (exact) mass is 251 g/mol. The summed E-state index contributed by atoms with van der Waals surface area (Å²) in [5.41, 5.74) is 0.00611. The van der Waals surface area contributed by atoms with Crippen molar-refractivity contribution in [3.63, 3.8) is 0 Å². The minimum absolute atomic E-state index is 0.00611. The first-order valence-corrected chi connectivity index (χ1v) is 6.09. The normalized spacial score (nSPS) is 23.6. The number of methoxy groups -OCH3 is 1. The molecule has 1 aliphatic rings. The average molecular weight is 251 g/mol. The van der Waals surface area contributed by atoms with Crippen molar-refractivity contribution in [1.29, 1.82) is 0 Å². The number of hydrogen-bond acceptors (Lipinski definition) is 4. The molecule has 18 heavy (non-hydrogen) atoms. The second kappa shape index (κ2) is 5.82. The molecule has 1 heterocycles. The SMILES string of the molecule is COC1CCCC(Oc2cccc(C(=O)O)n2)C1. The summed E-state index contributed by atoms with van der Waals surface area (Å²) in [4.78, 5) is 14.8. The van der Waals surface area contributed by atoms with Crippen molar-refractivity contribution in [2.45, 2.75) is 37.9 Å². The molecule has 2 atom stereocenters. The number of nitrogens with zero attached hydrogens (tertiary/aromatic N) is 1. The summed E-state index contributed by atoms with van der Waals surface area (Å²) in [7, 11) is 1.70. The van der Waals surface area contributed by atoms with Crippen LogP contribution in [0.3, 0.4) is 0 Å². The number of carboxylic acids is 1. The highest BCUT2D eigenvalue weighted by Crippen LogP contribution is 2.24. The van der Waals surface area contributed by atoms with Crippen LogP contribution in [0.2, 0.25) is 0 Å². The van der Waals surface area contributed by atoms with Gasteiger partial charge in [-0.15, -0.1) is 0 Å². The Bertz CT molecular complexity index is 421. The molecule has 2 unspecified atom stereocenters. The number of aromatic carboxylic acids is 1. The van der Waals surface area contributed by atoms with Gasteiger partial charge in [0.15, 0.2) is 5.69 Å². The Balaban J connectivity index is 2.00. The predicted octanol–water partition coefficient (Wildman–Crippen LogP) is 2.12. The number of aromatic nitrogens is 1. The number of hydrogen-bond donors (Lipinski definition) is 1. The minimum atomic E-state index is -1.04. The average Bonchev–Trinajstić information content (AvgIpc) is 2.39. The van der Waals surface area contributed by atoms with Crippen LogP contribution < -0.4 is 4.74 Å². The van der Waals surface area contributed by atoms with E-state index >= 15 is 0 Å². The van der Waals surface area contributed by atoms with Gasteiger partial charge >= 0.3 is 5.97 Å². The highest BCUT2D eigenvalue weighted by atomic mass is 16.5. The minimum Gasteiger partial charge on any atom is -0.477 e. The molecule has 0 spiro atoms. The Morgan fingerprint density at radius 2 is 2.17 bits per heavy atom. The van der Waals surface area contributed by atoms with Gasteiger partial charge in [-0.05, 0) is 25.3 Å². The van der Waals surface area contributed by atoms with Crippen molar-refractivity contribution in [3.8, 4) is 5.88 Å². The molecule has 2 rings (SSSR count). The van der Waals surface area contributed by atoms with Gasteiger partial charge in [0.1, 0.15) is 6.10 Å². The molecule has 5 nitrogen and oxygen atoms in total. The Morgan fingerprint density at radius 1 is 1.39 bits per heavy atom. The Labute approximate surface area is 106 Å². The van der Waals surface area contributed by atoms with Crippen molar-refractivity contribution in [2.75, 3.05) is 7.11 Å². The van der Waals surface area contributed by atoms with Gasteiger partial charge in [-0.25, -0.2) is 9.78 Å². The van der Waals surface area contributed by atoms with Crippen LogP contribution >= 0.6 is 0 Å². The third-order valence-electron chi connectivity index (χ3n) is 3.14. The van der Waals surface area contributed by atoms with Crippen LogP contribution in [0, 0.1) is 0 Å². The number of carboxylic acid groups (broad SMARTS) is 1.